The zero-order valence-electron chi connectivity index (χ0n) is 10.1. The van der Waals surface area contributed by atoms with Gasteiger partial charge in [0.05, 0.1) is 0 Å². The molecule has 2 rings (SSSR count). The topological polar surface area (TPSA) is 66.9 Å². The standard InChI is InChI=1S/C13H14N4O/c1-14-11-4-7-16-12(8-11)13(18)17-9-10-2-5-15-6-3-10/h2-8H,9H2,1H3,(H,14,16)(H,17,18). The van der Waals surface area contributed by atoms with Crippen molar-refractivity contribution >= 4 is 11.6 Å². The molecule has 0 aliphatic rings. The molecule has 0 aromatic carbocycles. The van der Waals surface area contributed by atoms with Crippen LogP contribution in [0.3, 0.4) is 0 Å². The summed E-state index contributed by atoms with van der Waals surface area (Å²) in [4.78, 5) is 19.8. The number of aromatic nitrogens is 2. The lowest BCUT2D eigenvalue weighted by Crippen LogP contribution is -2.23. The molecule has 0 fully saturated rings. The lowest BCUT2D eigenvalue weighted by atomic mass is 10.2. The Morgan fingerprint density at radius 2 is 2.00 bits per heavy atom. The first-order valence-electron chi connectivity index (χ1n) is 5.60. The predicted octanol–water partition coefficient (Wildman–Crippen LogP) is 1.45. The minimum absolute atomic E-state index is 0.191. The summed E-state index contributed by atoms with van der Waals surface area (Å²) >= 11 is 0. The highest BCUT2D eigenvalue weighted by molar-refractivity contribution is 5.93. The summed E-state index contributed by atoms with van der Waals surface area (Å²) in [5.74, 6) is -0.191. The summed E-state index contributed by atoms with van der Waals surface area (Å²) in [6.07, 6.45) is 5.00. The molecule has 1 amide bonds. The first kappa shape index (κ1) is 12.0. The molecule has 0 spiro atoms. The van der Waals surface area contributed by atoms with Crippen LogP contribution in [0, 0.1) is 0 Å². The van der Waals surface area contributed by atoms with Crippen LogP contribution in [0.1, 0.15) is 16.1 Å². The average Bonchev–Trinajstić information content (AvgIpc) is 2.46. The first-order chi connectivity index (χ1) is 8.79. The second-order valence-electron chi connectivity index (χ2n) is 3.72. The molecule has 0 radical (unpaired) electrons. The number of nitrogens with one attached hydrogen (secondary N) is 2. The van der Waals surface area contributed by atoms with E-state index in [1.165, 1.54) is 0 Å². The molecule has 2 heterocycles. The van der Waals surface area contributed by atoms with Gasteiger partial charge in [-0.3, -0.25) is 14.8 Å². The van der Waals surface area contributed by atoms with Gasteiger partial charge in [0.15, 0.2) is 0 Å². The van der Waals surface area contributed by atoms with Crippen LogP contribution in [0.4, 0.5) is 5.69 Å². The number of hydrogen-bond acceptors (Lipinski definition) is 4. The third-order valence-corrected chi connectivity index (χ3v) is 2.48. The Kier molecular flexibility index (Phi) is 3.86. The van der Waals surface area contributed by atoms with Gasteiger partial charge in [-0.1, -0.05) is 0 Å². The molecule has 0 aliphatic heterocycles. The summed E-state index contributed by atoms with van der Waals surface area (Å²) in [7, 11) is 1.80. The molecule has 2 aromatic rings. The third kappa shape index (κ3) is 3.04. The van der Waals surface area contributed by atoms with Crippen molar-refractivity contribution in [2.45, 2.75) is 6.54 Å². The monoisotopic (exact) mass is 242 g/mol. The van der Waals surface area contributed by atoms with E-state index < -0.39 is 0 Å². The molecule has 2 aromatic heterocycles. The number of pyridine rings is 2. The van der Waals surface area contributed by atoms with Crippen LogP contribution in [0.15, 0.2) is 42.9 Å². The van der Waals surface area contributed by atoms with Crippen LogP contribution in [0.2, 0.25) is 0 Å². The van der Waals surface area contributed by atoms with Crippen LogP contribution < -0.4 is 10.6 Å². The minimum atomic E-state index is -0.191. The van der Waals surface area contributed by atoms with Gasteiger partial charge in [-0.05, 0) is 29.8 Å². The summed E-state index contributed by atoms with van der Waals surface area (Å²) in [5.41, 5.74) is 2.26. The van der Waals surface area contributed by atoms with Crippen molar-refractivity contribution < 1.29 is 4.79 Å². The second kappa shape index (κ2) is 5.77. The van der Waals surface area contributed by atoms with Crippen molar-refractivity contribution in [3.05, 3.63) is 54.1 Å². The van der Waals surface area contributed by atoms with E-state index in [9.17, 15) is 4.79 Å². The van der Waals surface area contributed by atoms with Crippen molar-refractivity contribution in [3.8, 4) is 0 Å². The Morgan fingerprint density at radius 1 is 1.22 bits per heavy atom. The SMILES string of the molecule is CNc1ccnc(C(=O)NCc2ccncc2)c1. The summed E-state index contributed by atoms with van der Waals surface area (Å²) in [5, 5.41) is 5.78. The lowest BCUT2D eigenvalue weighted by Gasteiger charge is -2.06. The minimum Gasteiger partial charge on any atom is -0.388 e. The molecule has 0 saturated carbocycles. The van der Waals surface area contributed by atoms with Gasteiger partial charge in [-0.25, -0.2) is 0 Å². The maximum absolute atomic E-state index is 11.9. The molecule has 5 heteroatoms. The fourth-order valence-electron chi connectivity index (χ4n) is 1.48. The fraction of sp³-hybridized carbons (Fsp3) is 0.154. The van der Waals surface area contributed by atoms with Crippen LogP contribution in [0.5, 0.6) is 0 Å². The number of nitrogens with zero attached hydrogens (tertiary/aromatic N) is 2. The molecule has 18 heavy (non-hydrogen) atoms. The molecule has 0 unspecified atom stereocenters. The highest BCUT2D eigenvalue weighted by Gasteiger charge is 2.07. The Morgan fingerprint density at radius 3 is 2.72 bits per heavy atom. The fourth-order valence-corrected chi connectivity index (χ4v) is 1.48. The second-order valence-corrected chi connectivity index (χ2v) is 3.72. The molecule has 0 bridgehead atoms. The van der Waals surface area contributed by atoms with Gasteiger partial charge in [0.25, 0.3) is 5.91 Å². The van der Waals surface area contributed by atoms with Gasteiger partial charge in [-0.2, -0.15) is 0 Å². The third-order valence-electron chi connectivity index (χ3n) is 2.48. The van der Waals surface area contributed by atoms with E-state index in [2.05, 4.69) is 20.6 Å². The molecular formula is C13H14N4O. The molecule has 0 saturated heterocycles. The Labute approximate surface area is 105 Å². The highest BCUT2D eigenvalue weighted by atomic mass is 16.1. The van der Waals surface area contributed by atoms with Crippen molar-refractivity contribution in [2.75, 3.05) is 12.4 Å². The number of anilines is 1. The van der Waals surface area contributed by atoms with Crippen LogP contribution in [-0.2, 0) is 6.54 Å². The summed E-state index contributed by atoms with van der Waals surface area (Å²) < 4.78 is 0. The maximum Gasteiger partial charge on any atom is 0.270 e. The maximum atomic E-state index is 11.9. The summed E-state index contributed by atoms with van der Waals surface area (Å²) in [6.45, 7) is 0.465. The van der Waals surface area contributed by atoms with E-state index >= 15 is 0 Å². The lowest BCUT2D eigenvalue weighted by molar-refractivity contribution is 0.0946. The quantitative estimate of drug-likeness (QED) is 0.851. The number of hydrogen-bond donors (Lipinski definition) is 2. The molecule has 5 nitrogen and oxygen atoms in total. The predicted molar refractivity (Wildman–Crippen MR) is 69.2 cm³/mol. The molecule has 0 atom stereocenters. The van der Waals surface area contributed by atoms with Crippen molar-refractivity contribution in [3.63, 3.8) is 0 Å². The zero-order valence-corrected chi connectivity index (χ0v) is 10.1. The molecule has 92 valence electrons. The molecule has 0 aliphatic carbocycles. The van der Waals surface area contributed by atoms with Crippen LogP contribution in [0.25, 0.3) is 0 Å². The van der Waals surface area contributed by atoms with Crippen LogP contribution >= 0.6 is 0 Å². The highest BCUT2D eigenvalue weighted by Crippen LogP contribution is 2.06. The van der Waals surface area contributed by atoms with Gasteiger partial charge in [0.1, 0.15) is 5.69 Å². The van der Waals surface area contributed by atoms with Gasteiger partial charge < -0.3 is 10.6 Å². The average molecular weight is 242 g/mol. The first-order valence-corrected chi connectivity index (χ1v) is 5.60. The Hall–Kier alpha value is -2.43. The van der Waals surface area contributed by atoms with E-state index in [1.807, 2.05) is 12.1 Å². The Bertz CT molecular complexity index is 528. The van der Waals surface area contributed by atoms with Gasteiger partial charge in [0, 0.05) is 37.9 Å². The van der Waals surface area contributed by atoms with Gasteiger partial charge in [0.2, 0.25) is 0 Å². The van der Waals surface area contributed by atoms with E-state index in [0.29, 0.717) is 12.2 Å². The Balaban J connectivity index is 1.99. The number of rotatable bonds is 4. The molecule has 2 N–H and O–H groups in total. The van der Waals surface area contributed by atoms with Gasteiger partial charge >= 0.3 is 0 Å². The number of amides is 1. The molecular weight excluding hydrogens is 228 g/mol. The largest absolute Gasteiger partial charge is 0.388 e. The van der Waals surface area contributed by atoms with E-state index in [4.69, 9.17) is 0 Å². The number of carbonyl (C=O) groups excluding carboxylic acids is 1. The van der Waals surface area contributed by atoms with E-state index in [-0.39, 0.29) is 5.91 Å². The van der Waals surface area contributed by atoms with Crippen molar-refractivity contribution in [2.24, 2.45) is 0 Å². The summed E-state index contributed by atoms with van der Waals surface area (Å²) in [6, 6.07) is 7.23. The van der Waals surface area contributed by atoms with E-state index in [1.54, 1.807) is 37.8 Å². The zero-order chi connectivity index (χ0) is 12.8. The van der Waals surface area contributed by atoms with Gasteiger partial charge in [-0.15, -0.1) is 0 Å². The van der Waals surface area contributed by atoms with Crippen molar-refractivity contribution in [1.29, 1.82) is 0 Å². The normalized spacial score (nSPS) is 9.83. The smallest absolute Gasteiger partial charge is 0.270 e. The van der Waals surface area contributed by atoms with E-state index in [0.717, 1.165) is 11.3 Å². The van der Waals surface area contributed by atoms with Crippen LogP contribution in [-0.4, -0.2) is 22.9 Å². The van der Waals surface area contributed by atoms with Crippen molar-refractivity contribution in [1.82, 2.24) is 15.3 Å². The number of carbonyl (C=O) groups is 1.